The largest absolute Gasteiger partial charge is 0.488 e. The van der Waals surface area contributed by atoms with E-state index in [4.69, 9.17) is 14.2 Å². The number of nitrogens with zero attached hydrogens (tertiary/aromatic N) is 1. The summed E-state index contributed by atoms with van der Waals surface area (Å²) in [7, 11) is 0. The van der Waals surface area contributed by atoms with Gasteiger partial charge in [-0.15, -0.1) is 0 Å². The summed E-state index contributed by atoms with van der Waals surface area (Å²) in [5.41, 5.74) is 4.65. The van der Waals surface area contributed by atoms with Crippen molar-refractivity contribution in [2.75, 3.05) is 26.4 Å². The van der Waals surface area contributed by atoms with E-state index < -0.39 is 11.6 Å². The van der Waals surface area contributed by atoms with Crippen molar-refractivity contribution in [3.63, 3.8) is 0 Å². The Balaban J connectivity index is 1.51. The van der Waals surface area contributed by atoms with E-state index >= 15 is 0 Å². The molecule has 0 spiro atoms. The minimum Gasteiger partial charge on any atom is -0.488 e. The molecule has 2 aliphatic heterocycles. The molecule has 6 heteroatoms. The van der Waals surface area contributed by atoms with Crippen LogP contribution in [0.2, 0.25) is 0 Å². The molecule has 2 heterocycles. The van der Waals surface area contributed by atoms with Crippen LogP contribution in [0.4, 0.5) is 8.78 Å². The summed E-state index contributed by atoms with van der Waals surface area (Å²) in [6.07, 6.45) is 0.833. The van der Waals surface area contributed by atoms with Crippen LogP contribution in [-0.2, 0) is 17.8 Å². The van der Waals surface area contributed by atoms with Crippen LogP contribution in [-0.4, -0.2) is 37.4 Å². The number of ether oxygens (including phenoxy) is 3. The van der Waals surface area contributed by atoms with Gasteiger partial charge in [-0.2, -0.15) is 0 Å². The fraction of sp³-hybridized carbons (Fsp3) is 0.333. The highest BCUT2D eigenvalue weighted by atomic mass is 19.1. The van der Waals surface area contributed by atoms with Gasteiger partial charge in [-0.05, 0) is 53.9 Å². The molecule has 33 heavy (non-hydrogen) atoms. The Morgan fingerprint density at radius 3 is 2.76 bits per heavy atom. The van der Waals surface area contributed by atoms with Gasteiger partial charge in [0.2, 0.25) is 0 Å². The molecule has 0 radical (unpaired) electrons. The van der Waals surface area contributed by atoms with E-state index in [1.165, 1.54) is 17.7 Å². The summed E-state index contributed by atoms with van der Waals surface area (Å²) in [5.74, 6) is 0.594. The lowest BCUT2D eigenvalue weighted by molar-refractivity contribution is 0.137. The van der Waals surface area contributed by atoms with Crippen LogP contribution in [0.1, 0.15) is 23.1 Å². The van der Waals surface area contributed by atoms with Gasteiger partial charge < -0.3 is 14.2 Å². The first kappa shape index (κ1) is 21.9. The summed E-state index contributed by atoms with van der Waals surface area (Å²) in [5, 5.41) is 0. The lowest BCUT2D eigenvalue weighted by Crippen LogP contribution is -2.25. The molecular formula is C27H27F2NO3. The molecule has 0 saturated carbocycles. The Morgan fingerprint density at radius 2 is 1.94 bits per heavy atom. The molecular weight excluding hydrogens is 424 g/mol. The van der Waals surface area contributed by atoms with Crippen LogP contribution >= 0.6 is 0 Å². The third-order valence-electron chi connectivity index (χ3n) is 6.22. The number of hydrogen-bond acceptors (Lipinski definition) is 4. The Labute approximate surface area is 192 Å². The zero-order valence-electron chi connectivity index (χ0n) is 18.7. The predicted octanol–water partition coefficient (Wildman–Crippen LogP) is 5.50. The molecule has 1 atom stereocenters. The lowest BCUT2D eigenvalue weighted by atomic mass is 9.97. The highest BCUT2D eigenvalue weighted by Crippen LogP contribution is 2.40. The number of benzene rings is 3. The molecule has 3 aromatic rings. The van der Waals surface area contributed by atoms with Crippen molar-refractivity contribution < 1.29 is 23.0 Å². The van der Waals surface area contributed by atoms with Crippen molar-refractivity contribution in [1.82, 2.24) is 4.90 Å². The van der Waals surface area contributed by atoms with E-state index in [0.717, 1.165) is 34.9 Å². The molecule has 0 N–H and O–H groups in total. The molecule has 0 bridgehead atoms. The maximum atomic E-state index is 14.3. The van der Waals surface area contributed by atoms with E-state index in [2.05, 4.69) is 30.0 Å². The van der Waals surface area contributed by atoms with Crippen molar-refractivity contribution in [2.45, 2.75) is 32.5 Å². The third-order valence-corrected chi connectivity index (χ3v) is 6.22. The van der Waals surface area contributed by atoms with Crippen LogP contribution in [0.5, 0.6) is 11.5 Å². The number of fused-ring (bicyclic) bond motifs is 1. The second-order valence-electron chi connectivity index (χ2n) is 8.68. The standard InChI is InChI=1S/C27H27F2NO3/c1-18-4-2-3-5-24(18)19-12-21-16-30(15-20-13-22(28)6-7-25(20)29)9-11-32-27(21)26(14-19)33-23-8-10-31-17-23/h2-7,12-14,23H,8-11,15-17H2,1H3. The maximum absolute atomic E-state index is 14.3. The fourth-order valence-corrected chi connectivity index (χ4v) is 4.50. The topological polar surface area (TPSA) is 30.9 Å². The van der Waals surface area contributed by atoms with Crippen molar-refractivity contribution in [3.05, 3.63) is 82.9 Å². The smallest absolute Gasteiger partial charge is 0.165 e. The maximum Gasteiger partial charge on any atom is 0.165 e. The van der Waals surface area contributed by atoms with E-state index in [0.29, 0.717) is 50.8 Å². The zero-order chi connectivity index (χ0) is 22.8. The van der Waals surface area contributed by atoms with E-state index in [1.54, 1.807) is 0 Å². The van der Waals surface area contributed by atoms with Crippen LogP contribution in [0.3, 0.4) is 0 Å². The molecule has 4 nitrogen and oxygen atoms in total. The Hall–Kier alpha value is -2.96. The minimum absolute atomic E-state index is 0.00873. The third kappa shape index (κ3) is 4.87. The average molecular weight is 452 g/mol. The van der Waals surface area contributed by atoms with Crippen molar-refractivity contribution in [3.8, 4) is 22.6 Å². The van der Waals surface area contributed by atoms with Crippen LogP contribution in [0, 0.1) is 18.6 Å². The highest BCUT2D eigenvalue weighted by Gasteiger charge is 2.25. The van der Waals surface area contributed by atoms with Gasteiger partial charge >= 0.3 is 0 Å². The van der Waals surface area contributed by atoms with Crippen LogP contribution in [0.15, 0.2) is 54.6 Å². The van der Waals surface area contributed by atoms with Gasteiger partial charge in [0.15, 0.2) is 11.5 Å². The summed E-state index contributed by atoms with van der Waals surface area (Å²) in [6.45, 7) is 5.21. The Kier molecular flexibility index (Phi) is 6.29. The van der Waals surface area contributed by atoms with Gasteiger partial charge in [0, 0.05) is 37.2 Å². The van der Waals surface area contributed by atoms with Gasteiger partial charge in [0.1, 0.15) is 24.3 Å². The molecule has 2 aliphatic rings. The van der Waals surface area contributed by atoms with Gasteiger partial charge in [0.25, 0.3) is 0 Å². The predicted molar refractivity (Wildman–Crippen MR) is 122 cm³/mol. The summed E-state index contributed by atoms with van der Waals surface area (Å²) < 4.78 is 46.0. The molecule has 0 aromatic heterocycles. The number of halogens is 2. The van der Waals surface area contributed by atoms with Gasteiger partial charge in [-0.3, -0.25) is 4.90 Å². The quantitative estimate of drug-likeness (QED) is 0.512. The zero-order valence-corrected chi connectivity index (χ0v) is 18.7. The van der Waals surface area contributed by atoms with Crippen molar-refractivity contribution in [2.24, 2.45) is 0 Å². The second kappa shape index (κ2) is 9.49. The van der Waals surface area contributed by atoms with E-state index in [-0.39, 0.29) is 6.10 Å². The van der Waals surface area contributed by atoms with Crippen molar-refractivity contribution >= 4 is 0 Å². The first-order valence-corrected chi connectivity index (χ1v) is 11.3. The summed E-state index contributed by atoms with van der Waals surface area (Å²) in [6, 6.07) is 16.0. The van der Waals surface area contributed by atoms with Gasteiger partial charge in [0.05, 0.1) is 13.2 Å². The number of rotatable bonds is 5. The molecule has 5 rings (SSSR count). The molecule has 0 amide bonds. The Bertz CT molecular complexity index is 1140. The molecule has 1 saturated heterocycles. The molecule has 3 aromatic carbocycles. The van der Waals surface area contributed by atoms with Crippen LogP contribution < -0.4 is 9.47 Å². The average Bonchev–Trinajstić information content (AvgIpc) is 3.22. The Morgan fingerprint density at radius 1 is 1.06 bits per heavy atom. The first-order valence-electron chi connectivity index (χ1n) is 11.3. The van der Waals surface area contributed by atoms with E-state index in [1.807, 2.05) is 18.2 Å². The normalized spacial score (nSPS) is 18.5. The lowest BCUT2D eigenvalue weighted by Gasteiger charge is -2.21. The summed E-state index contributed by atoms with van der Waals surface area (Å²) >= 11 is 0. The van der Waals surface area contributed by atoms with E-state index in [9.17, 15) is 8.78 Å². The minimum atomic E-state index is -0.436. The fourth-order valence-electron chi connectivity index (χ4n) is 4.50. The SMILES string of the molecule is Cc1ccccc1-c1cc2c(c(OC3CCOC3)c1)OCCN(Cc1cc(F)ccc1F)C2. The first-order chi connectivity index (χ1) is 16.1. The number of hydrogen-bond donors (Lipinski definition) is 0. The molecule has 0 aliphatic carbocycles. The molecule has 172 valence electrons. The monoisotopic (exact) mass is 451 g/mol. The summed E-state index contributed by atoms with van der Waals surface area (Å²) in [4.78, 5) is 2.08. The molecule has 1 fully saturated rings. The number of aryl methyl sites for hydroxylation is 1. The second-order valence-corrected chi connectivity index (χ2v) is 8.68. The highest BCUT2D eigenvalue weighted by molar-refractivity contribution is 5.72. The van der Waals surface area contributed by atoms with Gasteiger partial charge in [-0.1, -0.05) is 24.3 Å². The van der Waals surface area contributed by atoms with Gasteiger partial charge in [-0.25, -0.2) is 8.78 Å². The van der Waals surface area contributed by atoms with Crippen LogP contribution in [0.25, 0.3) is 11.1 Å². The van der Waals surface area contributed by atoms with Crippen molar-refractivity contribution in [1.29, 1.82) is 0 Å². The molecule has 1 unspecified atom stereocenters.